The zero-order chi connectivity index (χ0) is 19.6. The number of benzene rings is 1. The molecule has 0 fully saturated rings. The van der Waals surface area contributed by atoms with Crippen molar-refractivity contribution in [3.63, 3.8) is 0 Å². The van der Waals surface area contributed by atoms with Crippen LogP contribution in [0.25, 0.3) is 0 Å². The summed E-state index contributed by atoms with van der Waals surface area (Å²) in [5.41, 5.74) is 0.0339. The van der Waals surface area contributed by atoms with Gasteiger partial charge in [0.2, 0.25) is 0 Å². The van der Waals surface area contributed by atoms with Gasteiger partial charge in [-0.1, -0.05) is 0 Å². The van der Waals surface area contributed by atoms with E-state index in [-0.39, 0.29) is 16.7 Å². The normalized spacial score (nSPS) is 21.0. The Morgan fingerprint density at radius 1 is 0.920 bits per heavy atom. The molecule has 25 heavy (non-hydrogen) atoms. The summed E-state index contributed by atoms with van der Waals surface area (Å²) in [5, 5.41) is 5.40. The third-order valence-corrected chi connectivity index (χ3v) is 5.03. The van der Waals surface area contributed by atoms with E-state index >= 15 is 0 Å². The van der Waals surface area contributed by atoms with E-state index in [4.69, 9.17) is 54.9 Å². The zero-order valence-corrected chi connectivity index (χ0v) is 15.3. The maximum atomic E-state index is 10.7. The predicted octanol–water partition coefficient (Wildman–Crippen LogP) is 0.199. The molecule has 0 saturated carbocycles. The van der Waals surface area contributed by atoms with E-state index in [1.54, 1.807) is 25.0 Å². The van der Waals surface area contributed by atoms with Crippen molar-refractivity contribution in [3.05, 3.63) is 28.8 Å². The van der Waals surface area contributed by atoms with E-state index in [9.17, 15) is 5.11 Å². The summed E-state index contributed by atoms with van der Waals surface area (Å²) in [6, 6.07) is 3.33. The third kappa shape index (κ3) is 3.04. The molecule has 1 aromatic rings. The molecule has 1 heterocycles. The van der Waals surface area contributed by atoms with Crippen LogP contribution >= 0.6 is 0 Å². The molecule has 110 valence electrons. The van der Waals surface area contributed by atoms with Crippen molar-refractivity contribution < 1.29 is 5.11 Å². The fourth-order valence-corrected chi connectivity index (χ4v) is 3.97. The van der Waals surface area contributed by atoms with Gasteiger partial charge in [-0.2, -0.15) is 0 Å². The van der Waals surface area contributed by atoms with Crippen LogP contribution in [-0.4, -0.2) is 72.9 Å². The van der Waals surface area contributed by atoms with Gasteiger partial charge >= 0.3 is 161 Å². The van der Waals surface area contributed by atoms with Gasteiger partial charge in [-0.3, -0.25) is 0 Å². The second kappa shape index (κ2) is 5.70. The number of rotatable bonds is 4. The Balaban J connectivity index is 2.95. The van der Waals surface area contributed by atoms with E-state index in [2.05, 4.69) is 0 Å². The molecule has 1 atom stereocenters. The minimum absolute atomic E-state index is 0.125. The molecule has 0 amide bonds. The standard InChI is InChI=1S/C16H16B8O/c1-8-5-11(25)10(6-9(8)12(2,3)4)14(15(18,19)20,16(21,22)23)13(17)7-24-13/h5-7,25H,1-4H3. The molecule has 2 rings (SSSR count). The summed E-state index contributed by atoms with van der Waals surface area (Å²) in [5.74, 6) is 1.49. The van der Waals surface area contributed by atoms with Gasteiger partial charge in [0.25, 0.3) is 0 Å². The molecule has 0 aliphatic carbocycles. The molecular formula is C16H16B8O. The number of hydrogen-bond donors (Lipinski definition) is 1. The van der Waals surface area contributed by atoms with Gasteiger partial charge in [-0.05, 0) is 0 Å². The Kier molecular flexibility index (Phi) is 4.72. The Hall–Kier alpha value is -0.591. The van der Waals surface area contributed by atoms with E-state index < -0.39 is 20.9 Å². The Labute approximate surface area is 161 Å². The summed E-state index contributed by atoms with van der Waals surface area (Å²) < 4.78 is 0. The van der Waals surface area contributed by atoms with Crippen molar-refractivity contribution in [1.82, 2.24) is 0 Å². The number of phenolic OH excluding ortho intramolecular Hbond substituents is 1. The van der Waals surface area contributed by atoms with Gasteiger partial charge in [-0.15, -0.1) is 0 Å². The second-order valence-electron chi connectivity index (χ2n) is 8.32. The summed E-state index contributed by atoms with van der Waals surface area (Å²) in [6.07, 6.45) is 0. The summed E-state index contributed by atoms with van der Waals surface area (Å²) in [6.45, 7) is 9.61. The average Bonchev–Trinajstić information content (AvgIpc) is 3.06. The van der Waals surface area contributed by atoms with Crippen LogP contribution < -0.4 is 0 Å². The maximum absolute atomic E-state index is 10.7. The van der Waals surface area contributed by atoms with Gasteiger partial charge in [-0.25, -0.2) is 0 Å². The first kappa shape index (κ1) is 20.7. The van der Waals surface area contributed by atoms with Crippen LogP contribution in [0.1, 0.15) is 37.5 Å². The van der Waals surface area contributed by atoms with E-state index in [1.807, 2.05) is 27.7 Å². The fourth-order valence-electron chi connectivity index (χ4n) is 3.97. The molecule has 1 N–H and O–H groups in total. The van der Waals surface area contributed by atoms with Crippen molar-refractivity contribution in [2.45, 2.75) is 54.0 Å². The molecular weight excluding hydrogens is 295 g/mol. The van der Waals surface area contributed by atoms with Crippen LogP contribution in [0.4, 0.5) is 0 Å². The monoisotopic (exact) mass is 312 g/mol. The summed E-state index contributed by atoms with van der Waals surface area (Å²) >= 11 is 0. The molecule has 1 aliphatic rings. The molecule has 0 bridgehead atoms. The van der Waals surface area contributed by atoms with E-state index in [1.165, 1.54) is 0 Å². The van der Waals surface area contributed by atoms with Gasteiger partial charge in [0.1, 0.15) is 0 Å². The number of aryl methyl sites for hydroxylation is 1. The molecule has 1 aliphatic heterocycles. The minimum atomic E-state index is -2.02. The van der Waals surface area contributed by atoms with Crippen LogP contribution in [0, 0.1) is 6.92 Å². The molecule has 14 radical (unpaired) electrons. The first-order valence-corrected chi connectivity index (χ1v) is 8.06. The predicted molar refractivity (Wildman–Crippen MR) is 113 cm³/mol. The Morgan fingerprint density at radius 2 is 1.36 bits per heavy atom. The average molecular weight is 311 g/mol. The van der Waals surface area contributed by atoms with Crippen molar-refractivity contribution in [1.29, 1.82) is 0 Å². The second-order valence-corrected chi connectivity index (χ2v) is 8.32. The van der Waals surface area contributed by atoms with Gasteiger partial charge in [0, 0.05) is 0 Å². The number of aromatic hydroxyl groups is 1. The number of phenols is 1. The molecule has 1 unspecified atom stereocenters. The van der Waals surface area contributed by atoms with Crippen LogP contribution in [0.15, 0.2) is 12.1 Å². The van der Waals surface area contributed by atoms with Crippen LogP contribution in [0.5, 0.6) is 5.75 Å². The fraction of sp³-hybridized carbons (Fsp3) is 0.562. The SMILES string of the molecule is [B]C([B])([B])C(c1cc(C(C)(C)C)c(C)cc1O)(C([B])([B])[B])C1([B])B=C1. The summed E-state index contributed by atoms with van der Waals surface area (Å²) in [7, 11) is 43.1. The van der Waals surface area contributed by atoms with Gasteiger partial charge in [0.15, 0.2) is 0 Å². The third-order valence-electron chi connectivity index (χ3n) is 5.03. The van der Waals surface area contributed by atoms with E-state index in [0.29, 0.717) is 0 Å². The topological polar surface area (TPSA) is 20.2 Å². The molecule has 1 aromatic carbocycles. The van der Waals surface area contributed by atoms with Crippen LogP contribution in [0.2, 0.25) is 15.4 Å². The molecule has 0 saturated heterocycles. The van der Waals surface area contributed by atoms with Crippen molar-refractivity contribution >= 4 is 67.8 Å². The zero-order valence-electron chi connectivity index (χ0n) is 15.3. The first-order valence-electron chi connectivity index (χ1n) is 8.06. The van der Waals surface area contributed by atoms with Crippen molar-refractivity contribution in [2.24, 2.45) is 0 Å². The Bertz CT molecular complexity index is 692. The molecule has 0 aromatic heterocycles. The molecule has 1 nitrogen and oxygen atoms in total. The van der Waals surface area contributed by atoms with Crippen LogP contribution in [-0.2, 0) is 10.8 Å². The van der Waals surface area contributed by atoms with Crippen molar-refractivity contribution in [3.8, 4) is 5.75 Å². The first-order chi connectivity index (χ1) is 11.0. The quantitative estimate of drug-likeness (QED) is 0.788. The molecule has 0 spiro atoms. The van der Waals surface area contributed by atoms with Crippen LogP contribution in [0.3, 0.4) is 0 Å². The number of hydrogen-bond acceptors (Lipinski definition) is 1. The molecule has 9 heteroatoms. The Morgan fingerprint density at radius 3 is 1.68 bits per heavy atom. The van der Waals surface area contributed by atoms with Crippen molar-refractivity contribution in [2.75, 3.05) is 0 Å². The summed E-state index contributed by atoms with van der Waals surface area (Å²) in [4.78, 5) is 0. The van der Waals surface area contributed by atoms with Gasteiger partial charge < -0.3 is 0 Å². The van der Waals surface area contributed by atoms with E-state index in [0.717, 1.165) is 11.1 Å². The van der Waals surface area contributed by atoms with Gasteiger partial charge in [0.05, 0.1) is 0 Å².